The average molecular weight is 282 g/mol. The zero-order chi connectivity index (χ0) is 14.4. The fraction of sp³-hybridized carbons (Fsp3) is 0.938. The standard InChI is InChI=1S/C16H30N2O2/c1-12-11-13(7-8-15(12)17)16(19)18-9-10-20-14-5-3-2-4-6-14/h12-15H,2-11,17H2,1H3,(H,18,19). The topological polar surface area (TPSA) is 64.3 Å². The van der Waals surface area contributed by atoms with E-state index in [1.54, 1.807) is 0 Å². The van der Waals surface area contributed by atoms with Crippen LogP contribution in [0, 0.1) is 11.8 Å². The van der Waals surface area contributed by atoms with Crippen LogP contribution in [-0.2, 0) is 9.53 Å². The van der Waals surface area contributed by atoms with Gasteiger partial charge in [-0.15, -0.1) is 0 Å². The zero-order valence-electron chi connectivity index (χ0n) is 12.8. The van der Waals surface area contributed by atoms with E-state index >= 15 is 0 Å². The number of rotatable bonds is 5. The van der Waals surface area contributed by atoms with Crippen molar-refractivity contribution < 1.29 is 9.53 Å². The third kappa shape index (κ3) is 4.74. The third-order valence-electron chi connectivity index (χ3n) is 4.91. The highest BCUT2D eigenvalue weighted by atomic mass is 16.5. The third-order valence-corrected chi connectivity index (χ3v) is 4.91. The number of nitrogens with two attached hydrogens (primary N) is 1. The maximum atomic E-state index is 12.1. The van der Waals surface area contributed by atoms with Gasteiger partial charge in [-0.05, 0) is 38.0 Å². The summed E-state index contributed by atoms with van der Waals surface area (Å²) >= 11 is 0. The van der Waals surface area contributed by atoms with Gasteiger partial charge in [0, 0.05) is 18.5 Å². The first kappa shape index (κ1) is 15.8. The number of nitrogens with one attached hydrogen (secondary N) is 1. The van der Waals surface area contributed by atoms with Gasteiger partial charge in [-0.2, -0.15) is 0 Å². The van der Waals surface area contributed by atoms with Crippen LogP contribution in [-0.4, -0.2) is 31.2 Å². The summed E-state index contributed by atoms with van der Waals surface area (Å²) in [4.78, 5) is 12.1. The van der Waals surface area contributed by atoms with E-state index in [1.165, 1.54) is 32.1 Å². The number of carbonyl (C=O) groups is 1. The van der Waals surface area contributed by atoms with Crippen LogP contribution < -0.4 is 11.1 Å². The number of hydrogen-bond donors (Lipinski definition) is 2. The second-order valence-electron chi connectivity index (χ2n) is 6.57. The SMILES string of the molecule is CC1CC(C(=O)NCCOC2CCCCC2)CCC1N. The Morgan fingerprint density at radius 2 is 1.95 bits per heavy atom. The molecule has 4 heteroatoms. The van der Waals surface area contributed by atoms with Gasteiger partial charge in [0.2, 0.25) is 5.91 Å². The lowest BCUT2D eigenvalue weighted by Gasteiger charge is -2.31. The summed E-state index contributed by atoms with van der Waals surface area (Å²) in [5.41, 5.74) is 5.99. The largest absolute Gasteiger partial charge is 0.376 e. The maximum Gasteiger partial charge on any atom is 0.223 e. The van der Waals surface area contributed by atoms with E-state index in [2.05, 4.69) is 12.2 Å². The molecule has 1 amide bonds. The molecule has 0 aliphatic heterocycles. The van der Waals surface area contributed by atoms with Crippen molar-refractivity contribution in [3.05, 3.63) is 0 Å². The van der Waals surface area contributed by atoms with Crippen LogP contribution >= 0.6 is 0 Å². The van der Waals surface area contributed by atoms with E-state index in [9.17, 15) is 4.79 Å². The van der Waals surface area contributed by atoms with Crippen molar-refractivity contribution in [2.75, 3.05) is 13.2 Å². The molecule has 3 N–H and O–H groups in total. The molecule has 0 heterocycles. The van der Waals surface area contributed by atoms with E-state index in [1.807, 2.05) is 0 Å². The molecule has 3 unspecified atom stereocenters. The minimum absolute atomic E-state index is 0.152. The lowest BCUT2D eigenvalue weighted by Crippen LogP contribution is -2.41. The van der Waals surface area contributed by atoms with Crippen molar-refractivity contribution in [1.29, 1.82) is 0 Å². The molecule has 116 valence electrons. The molecule has 0 aromatic rings. The summed E-state index contributed by atoms with van der Waals surface area (Å²) in [5, 5.41) is 3.02. The molecule has 0 saturated heterocycles. The zero-order valence-corrected chi connectivity index (χ0v) is 12.8. The van der Waals surface area contributed by atoms with Crippen LogP contribution in [0.2, 0.25) is 0 Å². The van der Waals surface area contributed by atoms with Crippen LogP contribution in [0.5, 0.6) is 0 Å². The van der Waals surface area contributed by atoms with E-state index in [-0.39, 0.29) is 17.9 Å². The Morgan fingerprint density at radius 1 is 1.20 bits per heavy atom. The first-order chi connectivity index (χ1) is 9.66. The molecule has 2 saturated carbocycles. The Bertz CT molecular complexity index is 303. The predicted octanol–water partition coefficient (Wildman–Crippen LogP) is 2.22. The molecule has 0 aromatic heterocycles. The monoisotopic (exact) mass is 282 g/mol. The molecule has 2 aliphatic carbocycles. The Hall–Kier alpha value is -0.610. The molecule has 0 aromatic carbocycles. The van der Waals surface area contributed by atoms with Gasteiger partial charge in [-0.25, -0.2) is 0 Å². The summed E-state index contributed by atoms with van der Waals surface area (Å²) in [6.45, 7) is 3.45. The molecule has 2 fully saturated rings. The Labute approximate surface area is 122 Å². The molecule has 0 bridgehead atoms. The molecule has 4 nitrogen and oxygen atoms in total. The number of hydrogen-bond acceptors (Lipinski definition) is 3. The first-order valence-electron chi connectivity index (χ1n) is 8.31. The molecule has 0 spiro atoms. The fourth-order valence-electron chi connectivity index (χ4n) is 3.43. The van der Waals surface area contributed by atoms with Gasteiger partial charge in [0.15, 0.2) is 0 Å². The number of carbonyl (C=O) groups excluding carboxylic acids is 1. The minimum Gasteiger partial charge on any atom is -0.376 e. The fourth-order valence-corrected chi connectivity index (χ4v) is 3.43. The van der Waals surface area contributed by atoms with E-state index in [4.69, 9.17) is 10.5 Å². The van der Waals surface area contributed by atoms with Crippen molar-refractivity contribution in [3.8, 4) is 0 Å². The van der Waals surface area contributed by atoms with E-state index < -0.39 is 0 Å². The van der Waals surface area contributed by atoms with Gasteiger partial charge >= 0.3 is 0 Å². The van der Waals surface area contributed by atoms with Crippen LogP contribution in [0.4, 0.5) is 0 Å². The molecule has 2 rings (SSSR count). The molecule has 0 radical (unpaired) electrons. The summed E-state index contributed by atoms with van der Waals surface area (Å²) in [6, 6.07) is 0.272. The second kappa shape index (κ2) is 7.99. The van der Waals surface area contributed by atoms with Crippen molar-refractivity contribution in [3.63, 3.8) is 0 Å². The van der Waals surface area contributed by atoms with Crippen molar-refractivity contribution in [2.24, 2.45) is 17.6 Å². The van der Waals surface area contributed by atoms with Crippen LogP contribution in [0.1, 0.15) is 58.3 Å². The Kier molecular flexibility index (Phi) is 6.30. The number of ether oxygens (including phenoxy) is 1. The summed E-state index contributed by atoms with van der Waals surface area (Å²) in [7, 11) is 0. The molecular formula is C16H30N2O2. The average Bonchev–Trinajstić information content (AvgIpc) is 2.47. The lowest BCUT2D eigenvalue weighted by atomic mass is 9.79. The minimum atomic E-state index is 0.152. The maximum absolute atomic E-state index is 12.1. The smallest absolute Gasteiger partial charge is 0.223 e. The predicted molar refractivity (Wildman–Crippen MR) is 80.3 cm³/mol. The molecular weight excluding hydrogens is 252 g/mol. The Balaban J connectivity index is 1.58. The van der Waals surface area contributed by atoms with E-state index in [0.29, 0.717) is 25.2 Å². The van der Waals surface area contributed by atoms with Gasteiger partial charge in [0.1, 0.15) is 0 Å². The van der Waals surface area contributed by atoms with Crippen LogP contribution in [0.3, 0.4) is 0 Å². The van der Waals surface area contributed by atoms with Crippen molar-refractivity contribution in [2.45, 2.75) is 70.4 Å². The van der Waals surface area contributed by atoms with Gasteiger partial charge < -0.3 is 15.8 Å². The summed E-state index contributed by atoms with van der Waals surface area (Å²) < 4.78 is 5.82. The van der Waals surface area contributed by atoms with Gasteiger partial charge in [-0.1, -0.05) is 26.2 Å². The number of amides is 1. The second-order valence-corrected chi connectivity index (χ2v) is 6.57. The van der Waals surface area contributed by atoms with Gasteiger partial charge in [0.05, 0.1) is 12.7 Å². The quantitative estimate of drug-likeness (QED) is 0.760. The van der Waals surface area contributed by atoms with E-state index in [0.717, 1.165) is 19.3 Å². The first-order valence-corrected chi connectivity index (χ1v) is 8.31. The highest BCUT2D eigenvalue weighted by Gasteiger charge is 2.29. The van der Waals surface area contributed by atoms with Crippen molar-refractivity contribution in [1.82, 2.24) is 5.32 Å². The van der Waals surface area contributed by atoms with Gasteiger partial charge in [-0.3, -0.25) is 4.79 Å². The lowest BCUT2D eigenvalue weighted by molar-refractivity contribution is -0.126. The van der Waals surface area contributed by atoms with Crippen LogP contribution in [0.15, 0.2) is 0 Å². The van der Waals surface area contributed by atoms with Crippen LogP contribution in [0.25, 0.3) is 0 Å². The summed E-state index contributed by atoms with van der Waals surface area (Å²) in [6.07, 6.45) is 9.55. The highest BCUT2D eigenvalue weighted by molar-refractivity contribution is 5.78. The Morgan fingerprint density at radius 3 is 2.65 bits per heavy atom. The molecule has 2 aliphatic rings. The van der Waals surface area contributed by atoms with Crippen molar-refractivity contribution >= 4 is 5.91 Å². The molecule has 3 atom stereocenters. The summed E-state index contributed by atoms with van der Waals surface area (Å²) in [5.74, 6) is 0.800. The highest BCUT2D eigenvalue weighted by Crippen LogP contribution is 2.28. The van der Waals surface area contributed by atoms with Gasteiger partial charge in [0.25, 0.3) is 0 Å². The normalized spacial score (nSPS) is 32.0. The molecule has 20 heavy (non-hydrogen) atoms.